The van der Waals surface area contributed by atoms with E-state index in [1.54, 1.807) is 6.92 Å². The van der Waals surface area contributed by atoms with E-state index in [0.717, 1.165) is 24.8 Å². The average molecular weight is 289 g/mol. The zero-order valence-electron chi connectivity index (χ0n) is 12.8. The first-order valence-electron chi connectivity index (χ1n) is 8.23. The fourth-order valence-electron chi connectivity index (χ4n) is 3.31. The van der Waals surface area contributed by atoms with Gasteiger partial charge < -0.3 is 5.32 Å². The van der Waals surface area contributed by atoms with Gasteiger partial charge in [-0.05, 0) is 49.3 Å². The van der Waals surface area contributed by atoms with Crippen molar-refractivity contribution in [3.8, 4) is 0 Å². The van der Waals surface area contributed by atoms with Gasteiger partial charge >= 0.3 is 0 Å². The molecule has 0 heterocycles. The molecule has 1 aromatic rings. The second-order valence-corrected chi connectivity index (χ2v) is 6.71. The molecule has 0 saturated heterocycles. The van der Waals surface area contributed by atoms with Crippen LogP contribution in [0.3, 0.4) is 0 Å². The molecule has 2 aliphatic carbocycles. The summed E-state index contributed by atoms with van der Waals surface area (Å²) >= 11 is 0. The average Bonchev–Trinajstić information content (AvgIpc) is 3.27. The van der Waals surface area contributed by atoms with Crippen molar-refractivity contribution in [3.63, 3.8) is 0 Å². The molecule has 21 heavy (non-hydrogen) atoms. The first-order chi connectivity index (χ1) is 10.1. The molecule has 0 radical (unpaired) electrons. The quantitative estimate of drug-likeness (QED) is 0.886. The highest BCUT2D eigenvalue weighted by atomic mass is 19.1. The molecule has 2 saturated carbocycles. The summed E-state index contributed by atoms with van der Waals surface area (Å²) in [5.41, 5.74) is 2.22. The zero-order chi connectivity index (χ0) is 14.8. The van der Waals surface area contributed by atoms with E-state index in [4.69, 9.17) is 0 Å². The van der Waals surface area contributed by atoms with Crippen LogP contribution in [0.2, 0.25) is 0 Å². The van der Waals surface area contributed by atoms with E-state index in [1.165, 1.54) is 38.2 Å². The number of nitrogens with one attached hydrogen (secondary N) is 1. The van der Waals surface area contributed by atoms with Crippen molar-refractivity contribution in [1.29, 1.82) is 0 Å². The van der Waals surface area contributed by atoms with Gasteiger partial charge in [-0.2, -0.15) is 0 Å². The van der Waals surface area contributed by atoms with Crippen molar-refractivity contribution in [1.82, 2.24) is 5.32 Å². The summed E-state index contributed by atoms with van der Waals surface area (Å²) < 4.78 is 13.9. The van der Waals surface area contributed by atoms with Crippen LogP contribution in [0.5, 0.6) is 0 Å². The summed E-state index contributed by atoms with van der Waals surface area (Å²) in [7, 11) is 0. The Morgan fingerprint density at radius 3 is 2.57 bits per heavy atom. The topological polar surface area (TPSA) is 29.1 Å². The number of aryl methyl sites for hydroxylation is 1. The number of hydrogen-bond donors (Lipinski definition) is 1. The van der Waals surface area contributed by atoms with Gasteiger partial charge in [0, 0.05) is 11.6 Å². The minimum Gasteiger partial charge on any atom is -0.349 e. The molecule has 2 aliphatic rings. The fourth-order valence-corrected chi connectivity index (χ4v) is 3.31. The Balaban J connectivity index is 1.81. The summed E-state index contributed by atoms with van der Waals surface area (Å²) in [6, 6.07) is 3.63. The molecule has 1 amide bonds. The highest BCUT2D eigenvalue weighted by Crippen LogP contribution is 2.29. The first-order valence-corrected chi connectivity index (χ1v) is 8.23. The molecule has 0 bridgehead atoms. The Kier molecular flexibility index (Phi) is 4.27. The molecular formula is C18H24FNO. The van der Waals surface area contributed by atoms with Gasteiger partial charge in [0.2, 0.25) is 0 Å². The molecule has 114 valence electrons. The Labute approximate surface area is 126 Å². The van der Waals surface area contributed by atoms with E-state index in [-0.39, 0.29) is 11.7 Å². The van der Waals surface area contributed by atoms with Crippen molar-refractivity contribution in [2.75, 3.05) is 0 Å². The summed E-state index contributed by atoms with van der Waals surface area (Å²) in [6.45, 7) is 1.78. The van der Waals surface area contributed by atoms with Crippen LogP contribution in [0.1, 0.15) is 66.4 Å². The summed E-state index contributed by atoms with van der Waals surface area (Å²) in [5, 5.41) is 2.99. The second-order valence-electron chi connectivity index (χ2n) is 6.71. The molecule has 0 aliphatic heterocycles. The summed E-state index contributed by atoms with van der Waals surface area (Å²) in [4.78, 5) is 12.3. The van der Waals surface area contributed by atoms with Crippen LogP contribution >= 0.6 is 0 Å². The lowest BCUT2D eigenvalue weighted by Crippen LogP contribution is -2.27. The number of amides is 1. The van der Waals surface area contributed by atoms with Crippen molar-refractivity contribution >= 4 is 5.91 Å². The Bertz CT molecular complexity index is 530. The van der Waals surface area contributed by atoms with Crippen molar-refractivity contribution in [2.24, 2.45) is 5.92 Å². The zero-order valence-corrected chi connectivity index (χ0v) is 12.8. The van der Waals surface area contributed by atoms with Crippen LogP contribution in [-0.2, 0) is 6.42 Å². The van der Waals surface area contributed by atoms with E-state index in [0.29, 0.717) is 23.1 Å². The monoisotopic (exact) mass is 289 g/mol. The van der Waals surface area contributed by atoms with E-state index in [9.17, 15) is 9.18 Å². The molecule has 2 nitrogen and oxygen atoms in total. The molecule has 3 rings (SSSR count). The number of carbonyl (C=O) groups is 1. The van der Waals surface area contributed by atoms with Crippen LogP contribution in [0, 0.1) is 18.7 Å². The van der Waals surface area contributed by atoms with E-state index >= 15 is 0 Å². The molecular weight excluding hydrogens is 265 g/mol. The smallest absolute Gasteiger partial charge is 0.251 e. The molecule has 0 unspecified atom stereocenters. The van der Waals surface area contributed by atoms with Gasteiger partial charge in [-0.3, -0.25) is 4.79 Å². The van der Waals surface area contributed by atoms with Crippen molar-refractivity contribution in [2.45, 2.75) is 64.3 Å². The predicted octanol–water partition coefficient (Wildman–Crippen LogP) is 4.15. The minimum absolute atomic E-state index is 0.0952. The number of hydrogen-bond acceptors (Lipinski definition) is 1. The van der Waals surface area contributed by atoms with Crippen LogP contribution < -0.4 is 5.32 Å². The SMILES string of the molecule is Cc1cc(CC2CCCCC2)c(C(=O)NC2CC2)cc1F. The number of halogens is 1. The van der Waals surface area contributed by atoms with Crippen LogP contribution in [0.15, 0.2) is 12.1 Å². The van der Waals surface area contributed by atoms with Crippen molar-refractivity contribution < 1.29 is 9.18 Å². The fraction of sp³-hybridized carbons (Fsp3) is 0.611. The maximum Gasteiger partial charge on any atom is 0.251 e. The van der Waals surface area contributed by atoms with E-state index < -0.39 is 0 Å². The van der Waals surface area contributed by atoms with E-state index in [1.807, 2.05) is 6.07 Å². The standard InChI is InChI=1S/C18H24FNO/c1-12-9-14(10-13-5-3-2-4-6-13)16(11-17(12)19)18(21)20-15-7-8-15/h9,11,13,15H,2-8,10H2,1H3,(H,20,21). The van der Waals surface area contributed by atoms with Crippen LogP contribution in [-0.4, -0.2) is 11.9 Å². The van der Waals surface area contributed by atoms with E-state index in [2.05, 4.69) is 5.32 Å². The van der Waals surface area contributed by atoms with Gasteiger partial charge in [0.1, 0.15) is 5.82 Å². The van der Waals surface area contributed by atoms with Gasteiger partial charge in [-0.25, -0.2) is 4.39 Å². The normalized spacial score (nSPS) is 19.5. The molecule has 0 atom stereocenters. The second kappa shape index (κ2) is 6.17. The number of rotatable bonds is 4. The summed E-state index contributed by atoms with van der Waals surface area (Å²) in [5.74, 6) is 0.279. The third kappa shape index (κ3) is 3.63. The maximum absolute atomic E-state index is 13.9. The minimum atomic E-state index is -0.275. The third-order valence-corrected chi connectivity index (χ3v) is 4.77. The predicted molar refractivity (Wildman–Crippen MR) is 81.9 cm³/mol. The van der Waals surface area contributed by atoms with Gasteiger partial charge in [0.25, 0.3) is 5.91 Å². The highest BCUT2D eigenvalue weighted by Gasteiger charge is 2.26. The van der Waals surface area contributed by atoms with Gasteiger partial charge in [-0.1, -0.05) is 38.2 Å². The third-order valence-electron chi connectivity index (χ3n) is 4.77. The highest BCUT2D eigenvalue weighted by molar-refractivity contribution is 5.96. The lowest BCUT2D eigenvalue weighted by Gasteiger charge is -2.23. The maximum atomic E-state index is 13.9. The van der Waals surface area contributed by atoms with Crippen LogP contribution in [0.25, 0.3) is 0 Å². The Morgan fingerprint density at radius 1 is 1.19 bits per heavy atom. The molecule has 3 heteroatoms. The number of benzene rings is 1. The van der Waals surface area contributed by atoms with Gasteiger partial charge in [0.15, 0.2) is 0 Å². The summed E-state index contributed by atoms with van der Waals surface area (Å²) in [6.07, 6.45) is 9.39. The molecule has 2 fully saturated rings. The molecule has 1 aromatic carbocycles. The number of carbonyl (C=O) groups excluding carboxylic acids is 1. The Morgan fingerprint density at radius 2 is 1.90 bits per heavy atom. The Hall–Kier alpha value is -1.38. The lowest BCUT2D eigenvalue weighted by atomic mass is 9.83. The van der Waals surface area contributed by atoms with Crippen LogP contribution in [0.4, 0.5) is 4.39 Å². The first kappa shape index (κ1) is 14.6. The largest absolute Gasteiger partial charge is 0.349 e. The lowest BCUT2D eigenvalue weighted by molar-refractivity contribution is 0.0949. The molecule has 1 N–H and O–H groups in total. The van der Waals surface area contributed by atoms with Gasteiger partial charge in [-0.15, -0.1) is 0 Å². The van der Waals surface area contributed by atoms with Gasteiger partial charge in [0.05, 0.1) is 0 Å². The molecule has 0 aromatic heterocycles. The molecule has 0 spiro atoms. The van der Waals surface area contributed by atoms with Crippen molar-refractivity contribution in [3.05, 3.63) is 34.6 Å².